The Labute approximate surface area is 180 Å². The normalized spacial score (nSPS) is 16.9. The van der Waals surface area contributed by atoms with Crippen LogP contribution in [0.3, 0.4) is 0 Å². The minimum atomic E-state index is 0.00240. The monoisotopic (exact) mass is 420 g/mol. The van der Waals surface area contributed by atoms with Crippen molar-refractivity contribution in [2.24, 2.45) is 5.92 Å². The van der Waals surface area contributed by atoms with Gasteiger partial charge in [0, 0.05) is 45.3 Å². The quantitative estimate of drug-likeness (QED) is 0.600. The average Bonchev–Trinajstić information content (AvgIpc) is 3.33. The molecular formula is C21H24N8O2. The highest BCUT2D eigenvalue weighted by Crippen LogP contribution is 2.29. The zero-order chi connectivity index (χ0) is 21.2. The molecule has 31 heavy (non-hydrogen) atoms. The number of hydrogen-bond donors (Lipinski definition) is 0. The van der Waals surface area contributed by atoms with Gasteiger partial charge in [-0.2, -0.15) is 5.10 Å². The van der Waals surface area contributed by atoms with Crippen molar-refractivity contribution < 1.29 is 9.53 Å². The molecule has 0 saturated carbocycles. The van der Waals surface area contributed by atoms with Crippen molar-refractivity contribution in [3.8, 4) is 11.6 Å². The first-order chi connectivity index (χ1) is 15.2. The predicted molar refractivity (Wildman–Crippen MR) is 114 cm³/mol. The largest absolute Gasteiger partial charge is 0.495 e. The molecule has 160 valence electrons. The molecule has 10 heteroatoms. The number of hydrogen-bond acceptors (Lipinski definition) is 8. The number of amides is 1. The van der Waals surface area contributed by atoms with E-state index in [1.165, 1.54) is 12.7 Å². The van der Waals surface area contributed by atoms with Crippen molar-refractivity contribution in [2.75, 3.05) is 56.2 Å². The maximum absolute atomic E-state index is 13.0. The molecule has 0 aliphatic carbocycles. The highest BCUT2D eigenvalue weighted by atomic mass is 16.5. The van der Waals surface area contributed by atoms with Gasteiger partial charge in [0.05, 0.1) is 18.7 Å². The number of aromatic nitrogens is 5. The molecule has 2 fully saturated rings. The van der Waals surface area contributed by atoms with Crippen molar-refractivity contribution in [3.63, 3.8) is 0 Å². The lowest BCUT2D eigenvalue weighted by molar-refractivity contribution is -0.136. The molecule has 5 rings (SSSR count). The van der Waals surface area contributed by atoms with Gasteiger partial charge >= 0.3 is 0 Å². The van der Waals surface area contributed by atoms with Gasteiger partial charge in [0.25, 0.3) is 0 Å². The molecule has 4 heterocycles. The van der Waals surface area contributed by atoms with Gasteiger partial charge in [-0.15, -0.1) is 0 Å². The second kappa shape index (κ2) is 8.21. The van der Waals surface area contributed by atoms with Crippen LogP contribution in [-0.4, -0.2) is 81.9 Å². The van der Waals surface area contributed by atoms with Crippen LogP contribution in [0.5, 0.6) is 5.75 Å². The van der Waals surface area contributed by atoms with Gasteiger partial charge in [-0.25, -0.2) is 19.6 Å². The lowest BCUT2D eigenvalue weighted by Crippen LogP contribution is -2.58. The molecule has 1 amide bonds. The fourth-order valence-corrected chi connectivity index (χ4v) is 4.10. The Kier molecular flexibility index (Phi) is 5.11. The van der Waals surface area contributed by atoms with Crippen molar-refractivity contribution in [1.82, 2.24) is 29.6 Å². The Morgan fingerprint density at radius 3 is 2.52 bits per heavy atom. The Morgan fingerprint density at radius 1 is 1.00 bits per heavy atom. The van der Waals surface area contributed by atoms with Crippen LogP contribution in [-0.2, 0) is 4.79 Å². The number of carbonyl (C=O) groups excluding carboxylic acids is 1. The maximum atomic E-state index is 13.0. The molecule has 0 radical (unpaired) electrons. The number of methoxy groups -OCH3 is 1. The molecule has 0 unspecified atom stereocenters. The summed E-state index contributed by atoms with van der Waals surface area (Å²) in [5, 5.41) is 4.10. The molecular weight excluding hydrogens is 396 g/mol. The highest BCUT2D eigenvalue weighted by molar-refractivity contribution is 5.82. The van der Waals surface area contributed by atoms with E-state index in [4.69, 9.17) is 4.74 Å². The van der Waals surface area contributed by atoms with Gasteiger partial charge in [0.2, 0.25) is 5.91 Å². The number of piperazine rings is 1. The van der Waals surface area contributed by atoms with E-state index in [1.807, 2.05) is 29.2 Å². The molecule has 2 saturated heterocycles. The Bertz CT molecular complexity index is 1040. The minimum Gasteiger partial charge on any atom is -0.495 e. The fraction of sp³-hybridized carbons (Fsp3) is 0.381. The van der Waals surface area contributed by atoms with E-state index in [1.54, 1.807) is 18.1 Å². The Hall–Kier alpha value is -3.69. The summed E-state index contributed by atoms with van der Waals surface area (Å²) in [6.07, 6.45) is 4.57. The van der Waals surface area contributed by atoms with Crippen LogP contribution < -0.4 is 14.5 Å². The molecule has 2 aliphatic heterocycles. The minimum absolute atomic E-state index is 0.00240. The standard InChI is InChI=1S/C21H24N8O2/c1-31-18-5-3-2-4-17(18)26-6-8-27(9-7-26)21(30)16-11-28(12-16)19-10-20(24-14-23-19)29-15-22-13-25-29/h2-5,10,13-16H,6-9,11-12H2,1H3. The molecule has 2 aromatic heterocycles. The summed E-state index contributed by atoms with van der Waals surface area (Å²) >= 11 is 0. The van der Waals surface area contributed by atoms with Crippen LogP contribution in [0.4, 0.5) is 11.5 Å². The number of benzene rings is 1. The van der Waals surface area contributed by atoms with Crippen molar-refractivity contribution in [1.29, 1.82) is 0 Å². The molecule has 10 nitrogen and oxygen atoms in total. The molecule has 0 spiro atoms. The third kappa shape index (κ3) is 3.76. The molecule has 3 aromatic rings. The fourth-order valence-electron chi connectivity index (χ4n) is 4.10. The lowest BCUT2D eigenvalue weighted by atomic mass is 9.98. The van der Waals surface area contributed by atoms with Crippen LogP contribution in [0, 0.1) is 5.92 Å². The summed E-state index contributed by atoms with van der Waals surface area (Å²) < 4.78 is 7.07. The third-order valence-corrected chi connectivity index (χ3v) is 5.86. The third-order valence-electron chi connectivity index (χ3n) is 5.86. The van der Waals surface area contributed by atoms with Crippen LogP contribution in [0.1, 0.15) is 0 Å². The first-order valence-corrected chi connectivity index (χ1v) is 10.3. The SMILES string of the molecule is COc1ccccc1N1CCN(C(=O)C2CN(c3cc(-n4cncn4)ncn3)C2)CC1. The van der Waals surface area contributed by atoms with E-state index < -0.39 is 0 Å². The van der Waals surface area contributed by atoms with Crippen LogP contribution in [0.2, 0.25) is 0 Å². The second-order valence-electron chi connectivity index (χ2n) is 7.66. The average molecular weight is 420 g/mol. The zero-order valence-corrected chi connectivity index (χ0v) is 17.3. The van der Waals surface area contributed by atoms with E-state index in [9.17, 15) is 4.79 Å². The van der Waals surface area contributed by atoms with Crippen LogP contribution in [0.25, 0.3) is 5.82 Å². The Balaban J connectivity index is 1.16. The topological polar surface area (TPSA) is 92.5 Å². The van der Waals surface area contributed by atoms with Gasteiger partial charge in [0.1, 0.15) is 30.5 Å². The van der Waals surface area contributed by atoms with Crippen molar-refractivity contribution in [2.45, 2.75) is 0 Å². The first kappa shape index (κ1) is 19.3. The number of para-hydroxylation sites is 2. The maximum Gasteiger partial charge on any atom is 0.229 e. The summed E-state index contributed by atoms with van der Waals surface area (Å²) in [5.74, 6) is 2.55. The predicted octanol–water partition coefficient (Wildman–Crippen LogP) is 0.851. The summed E-state index contributed by atoms with van der Waals surface area (Å²) in [7, 11) is 1.69. The summed E-state index contributed by atoms with van der Waals surface area (Å²) in [4.78, 5) is 31.9. The van der Waals surface area contributed by atoms with Crippen LogP contribution in [0.15, 0.2) is 49.3 Å². The summed E-state index contributed by atoms with van der Waals surface area (Å²) in [6.45, 7) is 4.37. The molecule has 0 atom stereocenters. The van der Waals surface area contributed by atoms with Gasteiger partial charge in [0.15, 0.2) is 5.82 Å². The van der Waals surface area contributed by atoms with Crippen molar-refractivity contribution >= 4 is 17.4 Å². The number of rotatable bonds is 5. The van der Waals surface area contributed by atoms with Crippen LogP contribution >= 0.6 is 0 Å². The lowest BCUT2D eigenvalue weighted by Gasteiger charge is -2.43. The second-order valence-corrected chi connectivity index (χ2v) is 7.66. The number of anilines is 2. The molecule has 0 N–H and O–H groups in total. The molecule has 1 aromatic carbocycles. The summed E-state index contributed by atoms with van der Waals surface area (Å²) in [6, 6.07) is 9.88. The molecule has 0 bridgehead atoms. The van der Waals surface area contributed by atoms with E-state index >= 15 is 0 Å². The van der Waals surface area contributed by atoms with E-state index in [0.717, 1.165) is 43.4 Å². The number of ether oxygens (including phenoxy) is 1. The van der Waals surface area contributed by atoms with Crippen molar-refractivity contribution in [3.05, 3.63) is 49.3 Å². The van der Waals surface area contributed by atoms with Gasteiger partial charge in [-0.05, 0) is 12.1 Å². The zero-order valence-electron chi connectivity index (χ0n) is 17.3. The van der Waals surface area contributed by atoms with E-state index in [2.05, 4.69) is 35.9 Å². The summed E-state index contributed by atoms with van der Waals surface area (Å²) in [5.41, 5.74) is 1.08. The van der Waals surface area contributed by atoms with Gasteiger partial charge in [-0.1, -0.05) is 12.1 Å². The highest BCUT2D eigenvalue weighted by Gasteiger charge is 2.37. The van der Waals surface area contributed by atoms with Gasteiger partial charge < -0.3 is 19.4 Å². The van der Waals surface area contributed by atoms with E-state index in [-0.39, 0.29) is 11.8 Å². The smallest absolute Gasteiger partial charge is 0.229 e. The number of nitrogens with zero attached hydrogens (tertiary/aromatic N) is 8. The first-order valence-electron chi connectivity index (χ1n) is 10.3. The Morgan fingerprint density at radius 2 is 1.77 bits per heavy atom. The number of carbonyl (C=O) groups is 1. The molecule has 2 aliphatic rings. The van der Waals surface area contributed by atoms with Gasteiger partial charge in [-0.3, -0.25) is 4.79 Å². The van der Waals surface area contributed by atoms with E-state index in [0.29, 0.717) is 18.9 Å².